The summed E-state index contributed by atoms with van der Waals surface area (Å²) in [6.45, 7) is 1.29. The van der Waals surface area contributed by atoms with Crippen molar-refractivity contribution in [1.82, 2.24) is 15.5 Å². The largest absolute Gasteiger partial charge is 0.395 e. The van der Waals surface area contributed by atoms with Gasteiger partial charge >= 0.3 is 6.18 Å². The van der Waals surface area contributed by atoms with E-state index in [4.69, 9.17) is 5.73 Å². The third-order valence-electron chi connectivity index (χ3n) is 2.95. The molecule has 0 bridgehead atoms. The molecule has 1 saturated carbocycles. The number of alkyl halides is 3. The highest BCUT2D eigenvalue weighted by Crippen LogP contribution is 2.42. The van der Waals surface area contributed by atoms with Crippen molar-refractivity contribution in [2.24, 2.45) is 0 Å². The van der Waals surface area contributed by atoms with E-state index in [0.29, 0.717) is 11.6 Å². The summed E-state index contributed by atoms with van der Waals surface area (Å²) < 4.78 is 36.5. The lowest BCUT2D eigenvalue weighted by Gasteiger charge is -2.15. The molecule has 0 aromatic carbocycles. The molecule has 1 fully saturated rings. The van der Waals surface area contributed by atoms with E-state index in [-0.39, 0.29) is 11.4 Å². The molecule has 106 valence electrons. The highest BCUT2D eigenvalue weighted by molar-refractivity contribution is 5.97. The first-order valence-corrected chi connectivity index (χ1v) is 5.99. The monoisotopic (exact) mass is 276 g/mol. The van der Waals surface area contributed by atoms with E-state index in [2.05, 4.69) is 15.5 Å². The Labute approximate surface area is 107 Å². The zero-order chi connectivity index (χ0) is 14.2. The Hall–Kier alpha value is -1.73. The maximum absolute atomic E-state index is 12.2. The van der Waals surface area contributed by atoms with Gasteiger partial charge in [0.1, 0.15) is 0 Å². The number of nitrogen functional groups attached to an aromatic ring is 1. The lowest BCUT2D eigenvalue weighted by Crippen LogP contribution is -2.36. The van der Waals surface area contributed by atoms with Gasteiger partial charge in [-0.25, -0.2) is 0 Å². The maximum Gasteiger partial charge on any atom is 0.391 e. The Bertz CT molecular complexity index is 479. The van der Waals surface area contributed by atoms with Gasteiger partial charge in [0.05, 0.1) is 17.8 Å². The van der Waals surface area contributed by atoms with Crippen LogP contribution in [0.25, 0.3) is 0 Å². The van der Waals surface area contributed by atoms with Crippen molar-refractivity contribution < 1.29 is 18.0 Å². The van der Waals surface area contributed by atoms with Crippen LogP contribution in [0.4, 0.5) is 18.9 Å². The van der Waals surface area contributed by atoms with Gasteiger partial charge in [0.25, 0.3) is 5.91 Å². The number of anilines is 1. The van der Waals surface area contributed by atoms with Crippen molar-refractivity contribution >= 4 is 11.6 Å². The van der Waals surface area contributed by atoms with Crippen LogP contribution in [-0.4, -0.2) is 28.3 Å². The fourth-order valence-corrected chi connectivity index (χ4v) is 1.91. The van der Waals surface area contributed by atoms with Crippen molar-refractivity contribution in [3.63, 3.8) is 0 Å². The Balaban J connectivity index is 2.00. The molecule has 8 heteroatoms. The second-order valence-corrected chi connectivity index (χ2v) is 4.87. The zero-order valence-corrected chi connectivity index (χ0v) is 10.3. The summed E-state index contributed by atoms with van der Waals surface area (Å²) in [6, 6.07) is -1.02. The second kappa shape index (κ2) is 4.75. The summed E-state index contributed by atoms with van der Waals surface area (Å²) in [7, 11) is 0. The number of rotatable bonds is 4. The molecule has 1 aliphatic rings. The normalized spacial score (nSPS) is 17.3. The molecule has 5 nitrogen and oxygen atoms in total. The standard InChI is InChI=1S/C11H15F3N4O/c1-5(4-11(12,13)14)16-10(19)9-7(15)8(17-18-9)6-2-3-6/h5-6H,2-4,15H2,1H3,(H,16,19)(H,17,18). The zero-order valence-electron chi connectivity index (χ0n) is 10.3. The van der Waals surface area contributed by atoms with Gasteiger partial charge in [-0.3, -0.25) is 9.89 Å². The molecule has 0 radical (unpaired) electrons. The minimum atomic E-state index is -4.32. The summed E-state index contributed by atoms with van der Waals surface area (Å²) in [5.41, 5.74) is 6.68. The van der Waals surface area contributed by atoms with E-state index in [0.717, 1.165) is 12.8 Å². The molecule has 1 aromatic heterocycles. The Morgan fingerprint density at radius 2 is 2.21 bits per heavy atom. The second-order valence-electron chi connectivity index (χ2n) is 4.87. The molecule has 0 saturated heterocycles. The minimum Gasteiger partial charge on any atom is -0.395 e. The first kappa shape index (κ1) is 13.7. The quantitative estimate of drug-likeness (QED) is 0.785. The number of H-pyrrole nitrogens is 1. The van der Waals surface area contributed by atoms with Gasteiger partial charge in [-0.1, -0.05) is 0 Å². The van der Waals surface area contributed by atoms with E-state index in [9.17, 15) is 18.0 Å². The number of nitrogens with one attached hydrogen (secondary N) is 2. The van der Waals surface area contributed by atoms with Crippen molar-refractivity contribution in [3.8, 4) is 0 Å². The molecule has 1 heterocycles. The Morgan fingerprint density at radius 1 is 1.58 bits per heavy atom. The summed E-state index contributed by atoms with van der Waals surface area (Å²) in [5, 5.41) is 8.71. The van der Waals surface area contributed by atoms with Gasteiger partial charge in [0, 0.05) is 12.0 Å². The minimum absolute atomic E-state index is 0.0316. The van der Waals surface area contributed by atoms with Crippen LogP contribution in [0.1, 0.15) is 48.3 Å². The number of nitrogens with zero attached hydrogens (tertiary/aromatic N) is 1. The van der Waals surface area contributed by atoms with Gasteiger partial charge in [0.2, 0.25) is 0 Å². The average molecular weight is 276 g/mol. The molecule has 1 aromatic rings. The van der Waals surface area contributed by atoms with Crippen LogP contribution in [-0.2, 0) is 0 Å². The molecule has 1 aliphatic carbocycles. The van der Waals surface area contributed by atoms with Crippen molar-refractivity contribution in [3.05, 3.63) is 11.4 Å². The molecule has 1 unspecified atom stereocenters. The topological polar surface area (TPSA) is 83.8 Å². The predicted molar refractivity (Wildman–Crippen MR) is 62.6 cm³/mol. The molecular weight excluding hydrogens is 261 g/mol. The van der Waals surface area contributed by atoms with E-state index in [1.165, 1.54) is 6.92 Å². The van der Waals surface area contributed by atoms with Gasteiger partial charge in [0.15, 0.2) is 5.69 Å². The third kappa shape index (κ3) is 3.39. The van der Waals surface area contributed by atoms with Gasteiger partial charge in [-0.15, -0.1) is 0 Å². The molecule has 1 atom stereocenters. The fourth-order valence-electron chi connectivity index (χ4n) is 1.91. The number of hydrogen-bond donors (Lipinski definition) is 3. The average Bonchev–Trinajstić information content (AvgIpc) is 2.99. The first-order chi connectivity index (χ1) is 8.78. The maximum atomic E-state index is 12.2. The number of amides is 1. The molecule has 1 amide bonds. The van der Waals surface area contributed by atoms with Gasteiger partial charge in [-0.2, -0.15) is 18.3 Å². The van der Waals surface area contributed by atoms with Crippen LogP contribution in [0.3, 0.4) is 0 Å². The number of carbonyl (C=O) groups excluding carboxylic acids is 1. The van der Waals surface area contributed by atoms with Crippen LogP contribution in [0.15, 0.2) is 0 Å². The highest BCUT2D eigenvalue weighted by Gasteiger charge is 2.33. The van der Waals surface area contributed by atoms with Crippen LogP contribution >= 0.6 is 0 Å². The molecule has 19 heavy (non-hydrogen) atoms. The van der Waals surface area contributed by atoms with Gasteiger partial charge in [-0.05, 0) is 19.8 Å². The molecule has 2 rings (SSSR count). The number of aromatic amines is 1. The number of hydrogen-bond acceptors (Lipinski definition) is 3. The Kier molecular flexibility index (Phi) is 3.42. The summed E-state index contributed by atoms with van der Waals surface area (Å²) in [5.74, 6) is -0.390. The van der Waals surface area contributed by atoms with Crippen molar-refractivity contribution in [2.45, 2.75) is 44.3 Å². The molecule has 0 aliphatic heterocycles. The Morgan fingerprint density at radius 3 is 2.74 bits per heavy atom. The molecule has 0 spiro atoms. The predicted octanol–water partition coefficient (Wildman–Crippen LogP) is 1.94. The van der Waals surface area contributed by atoms with Gasteiger partial charge < -0.3 is 11.1 Å². The van der Waals surface area contributed by atoms with Crippen LogP contribution in [0.5, 0.6) is 0 Å². The van der Waals surface area contributed by atoms with E-state index in [1.54, 1.807) is 0 Å². The van der Waals surface area contributed by atoms with E-state index >= 15 is 0 Å². The van der Waals surface area contributed by atoms with Crippen LogP contribution < -0.4 is 11.1 Å². The summed E-state index contributed by atoms with van der Waals surface area (Å²) in [6.07, 6.45) is -3.43. The fraction of sp³-hybridized carbons (Fsp3) is 0.636. The molecular formula is C11H15F3N4O. The van der Waals surface area contributed by atoms with Crippen LogP contribution in [0.2, 0.25) is 0 Å². The smallest absolute Gasteiger partial charge is 0.391 e. The number of aromatic nitrogens is 2. The summed E-state index contributed by atoms with van der Waals surface area (Å²) >= 11 is 0. The third-order valence-corrected chi connectivity index (χ3v) is 2.95. The van der Waals surface area contributed by atoms with Crippen molar-refractivity contribution in [2.75, 3.05) is 5.73 Å². The number of nitrogens with two attached hydrogens (primary N) is 1. The molecule has 4 N–H and O–H groups in total. The lowest BCUT2D eigenvalue weighted by molar-refractivity contribution is -0.138. The SMILES string of the molecule is CC(CC(F)(F)F)NC(=O)c1n[nH]c(C2CC2)c1N. The summed E-state index contributed by atoms with van der Waals surface area (Å²) in [4.78, 5) is 11.8. The number of halogens is 3. The number of carbonyl (C=O) groups is 1. The highest BCUT2D eigenvalue weighted by atomic mass is 19.4. The first-order valence-electron chi connectivity index (χ1n) is 5.99. The van der Waals surface area contributed by atoms with E-state index < -0.39 is 24.5 Å². The van der Waals surface area contributed by atoms with Crippen LogP contribution in [0, 0.1) is 0 Å². The van der Waals surface area contributed by atoms with Crippen molar-refractivity contribution in [1.29, 1.82) is 0 Å². The van der Waals surface area contributed by atoms with E-state index in [1.807, 2.05) is 0 Å². The lowest BCUT2D eigenvalue weighted by atomic mass is 10.2.